The van der Waals surface area contributed by atoms with Gasteiger partial charge in [-0.2, -0.15) is 0 Å². The molecule has 0 aliphatic carbocycles. The zero-order chi connectivity index (χ0) is 18.7. The molecule has 3 aromatic rings. The van der Waals surface area contributed by atoms with Crippen LogP contribution in [0.4, 0.5) is 5.69 Å². The molecule has 0 fully saturated rings. The second kappa shape index (κ2) is 7.58. The first-order chi connectivity index (χ1) is 12.4. The summed E-state index contributed by atoms with van der Waals surface area (Å²) in [5.41, 5.74) is 3.64. The molecule has 6 heteroatoms. The number of furan rings is 1. The standard InChI is InChI=1S/C20H20N2O3S/c1-12-9-13(2)18(14(3)10-12)22-20(24)19(23)21-11-15-6-7-16(25-15)17-5-4-8-26-17/h4-10H,11H2,1-3H3,(H,21,23)(H,22,24). The number of thiophene rings is 1. The van der Waals surface area contributed by atoms with E-state index < -0.39 is 11.8 Å². The van der Waals surface area contributed by atoms with E-state index in [1.165, 1.54) is 0 Å². The summed E-state index contributed by atoms with van der Waals surface area (Å²) in [6.07, 6.45) is 0. The zero-order valence-electron chi connectivity index (χ0n) is 14.9. The fourth-order valence-corrected chi connectivity index (χ4v) is 3.51. The lowest BCUT2D eigenvalue weighted by Crippen LogP contribution is -2.35. The van der Waals surface area contributed by atoms with Crippen LogP contribution in [0.5, 0.6) is 0 Å². The molecular weight excluding hydrogens is 348 g/mol. The molecule has 0 spiro atoms. The predicted octanol–water partition coefficient (Wildman–Crippen LogP) is 4.19. The number of nitrogens with one attached hydrogen (secondary N) is 2. The van der Waals surface area contributed by atoms with E-state index in [0.717, 1.165) is 27.3 Å². The van der Waals surface area contributed by atoms with Crippen molar-refractivity contribution in [2.75, 3.05) is 5.32 Å². The van der Waals surface area contributed by atoms with Gasteiger partial charge in [-0.1, -0.05) is 23.8 Å². The van der Waals surface area contributed by atoms with E-state index in [9.17, 15) is 9.59 Å². The Kier molecular flexibility index (Phi) is 5.23. The summed E-state index contributed by atoms with van der Waals surface area (Å²) in [5.74, 6) is -0.0413. The van der Waals surface area contributed by atoms with Crippen molar-refractivity contribution < 1.29 is 14.0 Å². The van der Waals surface area contributed by atoms with Gasteiger partial charge in [0.15, 0.2) is 0 Å². The number of hydrogen-bond acceptors (Lipinski definition) is 4. The fraction of sp³-hybridized carbons (Fsp3) is 0.200. The van der Waals surface area contributed by atoms with Gasteiger partial charge in [-0.3, -0.25) is 9.59 Å². The summed E-state index contributed by atoms with van der Waals surface area (Å²) in [4.78, 5) is 25.3. The summed E-state index contributed by atoms with van der Waals surface area (Å²) in [7, 11) is 0. The number of carbonyl (C=O) groups is 2. The van der Waals surface area contributed by atoms with Crippen molar-refractivity contribution in [3.63, 3.8) is 0 Å². The minimum absolute atomic E-state index is 0.156. The molecule has 2 heterocycles. The molecule has 0 unspecified atom stereocenters. The van der Waals surface area contributed by atoms with Crippen LogP contribution in [0.3, 0.4) is 0 Å². The maximum absolute atomic E-state index is 12.2. The molecule has 2 N–H and O–H groups in total. The highest BCUT2D eigenvalue weighted by Crippen LogP contribution is 2.26. The Morgan fingerprint density at radius 1 is 1.04 bits per heavy atom. The van der Waals surface area contributed by atoms with E-state index >= 15 is 0 Å². The molecule has 3 rings (SSSR count). The summed E-state index contributed by atoms with van der Waals surface area (Å²) < 4.78 is 5.69. The minimum Gasteiger partial charge on any atom is -0.458 e. The van der Waals surface area contributed by atoms with E-state index in [2.05, 4.69) is 10.6 Å². The second-order valence-electron chi connectivity index (χ2n) is 6.15. The third-order valence-corrected chi connectivity index (χ3v) is 4.86. The Balaban J connectivity index is 1.59. The molecule has 0 aliphatic heterocycles. The summed E-state index contributed by atoms with van der Waals surface area (Å²) in [5, 5.41) is 7.25. The van der Waals surface area contributed by atoms with Crippen molar-refractivity contribution in [1.29, 1.82) is 0 Å². The predicted molar refractivity (Wildman–Crippen MR) is 103 cm³/mol. The molecule has 134 valence electrons. The van der Waals surface area contributed by atoms with Crippen LogP contribution in [0, 0.1) is 20.8 Å². The first-order valence-corrected chi connectivity index (χ1v) is 9.11. The van der Waals surface area contributed by atoms with Crippen LogP contribution in [0.1, 0.15) is 22.5 Å². The summed E-state index contributed by atoms with van der Waals surface area (Å²) in [6.45, 7) is 5.96. The number of rotatable bonds is 4. The smallest absolute Gasteiger partial charge is 0.313 e. The van der Waals surface area contributed by atoms with E-state index in [0.29, 0.717) is 11.4 Å². The fourth-order valence-electron chi connectivity index (χ4n) is 2.82. The topological polar surface area (TPSA) is 71.3 Å². The van der Waals surface area contributed by atoms with Crippen molar-refractivity contribution in [1.82, 2.24) is 5.32 Å². The molecular formula is C20H20N2O3S. The van der Waals surface area contributed by atoms with Crippen molar-refractivity contribution in [2.45, 2.75) is 27.3 Å². The molecule has 2 aromatic heterocycles. The van der Waals surface area contributed by atoms with Gasteiger partial charge in [0.05, 0.1) is 11.4 Å². The van der Waals surface area contributed by atoms with Gasteiger partial charge < -0.3 is 15.1 Å². The maximum Gasteiger partial charge on any atom is 0.313 e. The van der Waals surface area contributed by atoms with Crippen LogP contribution in [0.2, 0.25) is 0 Å². The number of amides is 2. The van der Waals surface area contributed by atoms with Crippen LogP contribution < -0.4 is 10.6 Å². The van der Waals surface area contributed by atoms with Crippen molar-refractivity contribution in [2.24, 2.45) is 0 Å². The Morgan fingerprint density at radius 2 is 1.77 bits per heavy atom. The molecule has 0 bridgehead atoms. The minimum atomic E-state index is -0.696. The Morgan fingerprint density at radius 3 is 2.42 bits per heavy atom. The number of benzene rings is 1. The maximum atomic E-state index is 12.2. The van der Waals surface area contributed by atoms with Gasteiger partial charge >= 0.3 is 11.8 Å². The average molecular weight is 368 g/mol. The number of hydrogen-bond donors (Lipinski definition) is 2. The van der Waals surface area contributed by atoms with E-state index in [-0.39, 0.29) is 6.54 Å². The third-order valence-electron chi connectivity index (χ3n) is 3.97. The quantitative estimate of drug-likeness (QED) is 0.679. The highest BCUT2D eigenvalue weighted by Gasteiger charge is 2.16. The van der Waals surface area contributed by atoms with Crippen LogP contribution in [0.15, 0.2) is 46.2 Å². The molecule has 26 heavy (non-hydrogen) atoms. The van der Waals surface area contributed by atoms with Crippen molar-refractivity contribution in [3.8, 4) is 10.6 Å². The molecule has 0 radical (unpaired) electrons. The highest BCUT2D eigenvalue weighted by molar-refractivity contribution is 7.13. The largest absolute Gasteiger partial charge is 0.458 e. The van der Waals surface area contributed by atoms with E-state index in [1.54, 1.807) is 17.4 Å². The van der Waals surface area contributed by atoms with Gasteiger partial charge in [0.2, 0.25) is 0 Å². The van der Waals surface area contributed by atoms with Gasteiger partial charge in [-0.25, -0.2) is 0 Å². The summed E-state index contributed by atoms with van der Waals surface area (Å²) in [6, 6.07) is 11.5. The SMILES string of the molecule is Cc1cc(C)c(NC(=O)C(=O)NCc2ccc(-c3cccs3)o2)c(C)c1. The zero-order valence-corrected chi connectivity index (χ0v) is 15.7. The number of carbonyl (C=O) groups excluding carboxylic acids is 2. The lowest BCUT2D eigenvalue weighted by atomic mass is 10.1. The molecule has 1 aromatic carbocycles. The Labute approximate surface area is 156 Å². The summed E-state index contributed by atoms with van der Waals surface area (Å²) >= 11 is 1.58. The lowest BCUT2D eigenvalue weighted by molar-refractivity contribution is -0.136. The van der Waals surface area contributed by atoms with Crippen molar-refractivity contribution >= 4 is 28.8 Å². The molecule has 0 saturated heterocycles. The monoisotopic (exact) mass is 368 g/mol. The van der Waals surface area contributed by atoms with Gasteiger partial charge in [-0.05, 0) is 55.5 Å². The Hall–Kier alpha value is -2.86. The normalized spacial score (nSPS) is 10.6. The van der Waals surface area contributed by atoms with Crippen LogP contribution >= 0.6 is 11.3 Å². The van der Waals surface area contributed by atoms with E-state index in [4.69, 9.17) is 4.42 Å². The first-order valence-electron chi connectivity index (χ1n) is 8.23. The van der Waals surface area contributed by atoms with Gasteiger partial charge in [-0.15, -0.1) is 11.3 Å². The lowest BCUT2D eigenvalue weighted by Gasteiger charge is -2.12. The second-order valence-corrected chi connectivity index (χ2v) is 7.10. The highest BCUT2D eigenvalue weighted by atomic mass is 32.1. The van der Waals surface area contributed by atoms with E-state index in [1.807, 2.05) is 56.5 Å². The number of anilines is 1. The van der Waals surface area contributed by atoms with Gasteiger partial charge in [0.1, 0.15) is 11.5 Å². The Bertz CT molecular complexity index is 919. The average Bonchev–Trinajstić information content (AvgIpc) is 3.26. The molecule has 0 aliphatic rings. The molecule has 2 amide bonds. The molecule has 0 atom stereocenters. The van der Waals surface area contributed by atoms with Gasteiger partial charge in [0, 0.05) is 5.69 Å². The first kappa shape index (κ1) is 17.9. The van der Waals surface area contributed by atoms with Crippen LogP contribution in [-0.2, 0) is 16.1 Å². The molecule has 0 saturated carbocycles. The van der Waals surface area contributed by atoms with Crippen molar-refractivity contribution in [3.05, 3.63) is 64.2 Å². The van der Waals surface area contributed by atoms with Crippen LogP contribution in [-0.4, -0.2) is 11.8 Å². The van der Waals surface area contributed by atoms with Gasteiger partial charge in [0.25, 0.3) is 0 Å². The van der Waals surface area contributed by atoms with Crippen LogP contribution in [0.25, 0.3) is 10.6 Å². The molecule has 5 nitrogen and oxygen atoms in total. The third kappa shape index (κ3) is 4.03. The number of aryl methyl sites for hydroxylation is 3.